The van der Waals surface area contributed by atoms with Gasteiger partial charge in [-0.25, -0.2) is 0 Å². The molecule has 3 fully saturated rings. The molecule has 2 unspecified atom stereocenters. The second kappa shape index (κ2) is 5.17. The lowest BCUT2D eigenvalue weighted by atomic mass is 10.0. The summed E-state index contributed by atoms with van der Waals surface area (Å²) < 4.78 is 0. The van der Waals surface area contributed by atoms with Gasteiger partial charge in [0.1, 0.15) is 0 Å². The highest BCUT2D eigenvalue weighted by Crippen LogP contribution is 2.30. The van der Waals surface area contributed by atoms with Crippen molar-refractivity contribution >= 4 is 5.91 Å². The molecule has 3 aliphatic rings. The normalized spacial score (nSPS) is 33.9. The van der Waals surface area contributed by atoms with Crippen LogP contribution in [0.2, 0.25) is 0 Å². The van der Waals surface area contributed by atoms with E-state index in [1.54, 1.807) is 0 Å². The van der Waals surface area contributed by atoms with Gasteiger partial charge in [0.2, 0.25) is 5.91 Å². The zero-order chi connectivity index (χ0) is 12.5. The summed E-state index contributed by atoms with van der Waals surface area (Å²) in [6.07, 6.45) is 5.98. The van der Waals surface area contributed by atoms with E-state index in [1.165, 1.54) is 19.4 Å². The monoisotopic (exact) mass is 251 g/mol. The molecule has 18 heavy (non-hydrogen) atoms. The van der Waals surface area contributed by atoms with Gasteiger partial charge in [0.05, 0.1) is 5.92 Å². The molecule has 3 rings (SSSR count). The smallest absolute Gasteiger partial charge is 0.227 e. The number of piperazine rings is 1. The van der Waals surface area contributed by atoms with Crippen molar-refractivity contribution in [2.24, 2.45) is 17.6 Å². The summed E-state index contributed by atoms with van der Waals surface area (Å²) in [5, 5.41) is 0. The van der Waals surface area contributed by atoms with Crippen molar-refractivity contribution in [2.75, 3.05) is 32.7 Å². The lowest BCUT2D eigenvalue weighted by molar-refractivity contribution is -0.137. The van der Waals surface area contributed by atoms with Gasteiger partial charge in [0.25, 0.3) is 0 Å². The average Bonchev–Trinajstić information content (AvgIpc) is 3.09. The third kappa shape index (κ3) is 2.69. The van der Waals surface area contributed by atoms with Gasteiger partial charge < -0.3 is 10.6 Å². The zero-order valence-electron chi connectivity index (χ0n) is 11.2. The molecule has 0 radical (unpaired) electrons. The van der Waals surface area contributed by atoms with Crippen LogP contribution in [0.1, 0.15) is 32.1 Å². The van der Waals surface area contributed by atoms with Gasteiger partial charge >= 0.3 is 0 Å². The van der Waals surface area contributed by atoms with E-state index >= 15 is 0 Å². The highest BCUT2D eigenvalue weighted by Gasteiger charge is 2.35. The van der Waals surface area contributed by atoms with E-state index in [-0.39, 0.29) is 12.0 Å². The predicted molar refractivity (Wildman–Crippen MR) is 71.1 cm³/mol. The van der Waals surface area contributed by atoms with Crippen LogP contribution < -0.4 is 5.73 Å². The first kappa shape index (κ1) is 12.4. The van der Waals surface area contributed by atoms with Crippen LogP contribution in [-0.2, 0) is 4.79 Å². The largest absolute Gasteiger partial charge is 0.340 e. The first-order valence-corrected chi connectivity index (χ1v) is 7.51. The van der Waals surface area contributed by atoms with Crippen LogP contribution in [-0.4, -0.2) is 54.5 Å². The minimum absolute atomic E-state index is 0.111. The molecule has 0 aromatic carbocycles. The summed E-state index contributed by atoms with van der Waals surface area (Å²) in [5.41, 5.74) is 6.03. The van der Waals surface area contributed by atoms with Crippen molar-refractivity contribution in [2.45, 2.75) is 38.1 Å². The number of amides is 1. The van der Waals surface area contributed by atoms with E-state index in [0.717, 1.165) is 51.4 Å². The van der Waals surface area contributed by atoms with Gasteiger partial charge in [0, 0.05) is 38.8 Å². The van der Waals surface area contributed by atoms with Crippen molar-refractivity contribution in [1.29, 1.82) is 0 Å². The Hall–Kier alpha value is -0.610. The molecule has 0 spiro atoms. The summed E-state index contributed by atoms with van der Waals surface area (Å²) in [6.45, 7) is 5.20. The summed E-state index contributed by atoms with van der Waals surface area (Å²) >= 11 is 0. The second-order valence-electron chi connectivity index (χ2n) is 6.27. The van der Waals surface area contributed by atoms with Crippen molar-refractivity contribution in [3.8, 4) is 0 Å². The van der Waals surface area contributed by atoms with E-state index < -0.39 is 0 Å². The van der Waals surface area contributed by atoms with Gasteiger partial charge in [-0.3, -0.25) is 9.69 Å². The maximum absolute atomic E-state index is 12.4. The number of rotatable bonds is 3. The fourth-order valence-corrected chi connectivity index (χ4v) is 3.35. The fraction of sp³-hybridized carbons (Fsp3) is 0.929. The lowest BCUT2D eigenvalue weighted by Crippen LogP contribution is -2.52. The van der Waals surface area contributed by atoms with E-state index in [9.17, 15) is 4.79 Å². The van der Waals surface area contributed by atoms with Gasteiger partial charge in [-0.05, 0) is 31.6 Å². The molecule has 1 heterocycles. The first-order chi connectivity index (χ1) is 8.74. The molecule has 2 saturated carbocycles. The van der Waals surface area contributed by atoms with E-state index in [0.29, 0.717) is 5.91 Å². The van der Waals surface area contributed by atoms with Crippen molar-refractivity contribution in [1.82, 2.24) is 9.80 Å². The molecule has 102 valence electrons. The topological polar surface area (TPSA) is 49.6 Å². The molecule has 2 aliphatic carbocycles. The number of carbonyl (C=O) groups is 1. The first-order valence-electron chi connectivity index (χ1n) is 7.51. The van der Waals surface area contributed by atoms with E-state index in [4.69, 9.17) is 5.73 Å². The Balaban J connectivity index is 1.47. The highest BCUT2D eigenvalue weighted by molar-refractivity contribution is 5.80. The summed E-state index contributed by atoms with van der Waals surface area (Å²) in [4.78, 5) is 17.0. The summed E-state index contributed by atoms with van der Waals surface area (Å²) in [5.74, 6) is 1.39. The number of nitrogens with two attached hydrogens (primary N) is 1. The SMILES string of the molecule is NC1CCCC1C(=O)N1CCN(CC2CC2)CC1. The van der Waals surface area contributed by atoms with Crippen LogP contribution in [0.5, 0.6) is 0 Å². The van der Waals surface area contributed by atoms with Crippen LogP contribution in [0.25, 0.3) is 0 Å². The van der Waals surface area contributed by atoms with Gasteiger partial charge in [-0.1, -0.05) is 6.42 Å². The van der Waals surface area contributed by atoms with Crippen molar-refractivity contribution < 1.29 is 4.79 Å². The molecule has 2 N–H and O–H groups in total. The molecule has 0 aromatic rings. The molecular weight excluding hydrogens is 226 g/mol. The Morgan fingerprint density at radius 3 is 2.33 bits per heavy atom. The average molecular weight is 251 g/mol. The molecular formula is C14H25N3O. The molecule has 4 heteroatoms. The van der Waals surface area contributed by atoms with Crippen LogP contribution >= 0.6 is 0 Å². The van der Waals surface area contributed by atoms with Gasteiger partial charge in [0.15, 0.2) is 0 Å². The molecule has 1 aliphatic heterocycles. The third-order valence-electron chi connectivity index (χ3n) is 4.78. The molecule has 0 bridgehead atoms. The number of hydrogen-bond acceptors (Lipinski definition) is 3. The minimum atomic E-state index is 0.111. The molecule has 2 atom stereocenters. The molecule has 1 amide bonds. The predicted octanol–water partition coefficient (Wildman–Crippen LogP) is 0.668. The molecule has 4 nitrogen and oxygen atoms in total. The fourth-order valence-electron chi connectivity index (χ4n) is 3.35. The van der Waals surface area contributed by atoms with Crippen LogP contribution in [0.4, 0.5) is 0 Å². The minimum Gasteiger partial charge on any atom is -0.340 e. The second-order valence-corrected chi connectivity index (χ2v) is 6.27. The Morgan fingerprint density at radius 2 is 1.78 bits per heavy atom. The number of carbonyl (C=O) groups excluding carboxylic acids is 1. The summed E-state index contributed by atoms with van der Waals surface area (Å²) in [7, 11) is 0. The Kier molecular flexibility index (Phi) is 3.57. The van der Waals surface area contributed by atoms with E-state index in [2.05, 4.69) is 9.80 Å². The maximum Gasteiger partial charge on any atom is 0.227 e. The van der Waals surface area contributed by atoms with Crippen LogP contribution in [0.3, 0.4) is 0 Å². The van der Waals surface area contributed by atoms with Crippen molar-refractivity contribution in [3.63, 3.8) is 0 Å². The van der Waals surface area contributed by atoms with Gasteiger partial charge in [-0.2, -0.15) is 0 Å². The highest BCUT2D eigenvalue weighted by atomic mass is 16.2. The van der Waals surface area contributed by atoms with Crippen molar-refractivity contribution in [3.05, 3.63) is 0 Å². The lowest BCUT2D eigenvalue weighted by Gasteiger charge is -2.36. The van der Waals surface area contributed by atoms with E-state index in [1.807, 2.05) is 0 Å². The molecule has 1 saturated heterocycles. The Morgan fingerprint density at radius 1 is 1.06 bits per heavy atom. The summed E-state index contributed by atoms with van der Waals surface area (Å²) in [6, 6.07) is 0.113. The third-order valence-corrected chi connectivity index (χ3v) is 4.78. The maximum atomic E-state index is 12.4. The van der Waals surface area contributed by atoms with Crippen LogP contribution in [0, 0.1) is 11.8 Å². The van der Waals surface area contributed by atoms with Crippen LogP contribution in [0.15, 0.2) is 0 Å². The quantitative estimate of drug-likeness (QED) is 0.802. The molecule has 0 aromatic heterocycles. The number of nitrogens with zero attached hydrogens (tertiary/aromatic N) is 2. The standard InChI is InChI=1S/C14H25N3O/c15-13-3-1-2-12(13)14(18)17-8-6-16(7-9-17)10-11-4-5-11/h11-13H,1-10,15H2. The van der Waals surface area contributed by atoms with Gasteiger partial charge in [-0.15, -0.1) is 0 Å². The Bertz CT molecular complexity index is 308. The Labute approximate surface area is 109 Å². The number of hydrogen-bond donors (Lipinski definition) is 1. The zero-order valence-corrected chi connectivity index (χ0v) is 11.2.